The molecule has 0 bridgehead atoms. The lowest BCUT2D eigenvalue weighted by atomic mass is 9.83. The molecule has 1 N–H and O–H groups in total. The monoisotopic (exact) mass is 198 g/mol. The Labute approximate surface area is 81.2 Å². The first-order chi connectivity index (χ1) is 6.29. The van der Waals surface area contributed by atoms with Gasteiger partial charge in [0.05, 0.1) is 11.6 Å². The highest BCUT2D eigenvalue weighted by Gasteiger charge is 2.21. The summed E-state index contributed by atoms with van der Waals surface area (Å²) in [7, 11) is 0. The second-order valence-electron chi connectivity index (χ2n) is 3.38. The zero-order valence-corrected chi connectivity index (χ0v) is 7.97. The fourth-order valence-corrected chi connectivity index (χ4v) is 1.63. The average molecular weight is 199 g/mol. The van der Waals surface area contributed by atoms with Gasteiger partial charge in [-0.3, -0.25) is 4.79 Å². The van der Waals surface area contributed by atoms with Gasteiger partial charge in [0.1, 0.15) is 5.82 Å². The molecule has 0 aromatic carbocycles. The molecule has 0 radical (unpaired) electrons. The average Bonchev–Trinajstić information content (AvgIpc) is 2.00. The van der Waals surface area contributed by atoms with E-state index in [0.717, 1.165) is 18.5 Å². The van der Waals surface area contributed by atoms with E-state index in [4.69, 9.17) is 11.6 Å². The van der Waals surface area contributed by atoms with Gasteiger partial charge < -0.3 is 4.98 Å². The minimum Gasteiger partial charge on any atom is -0.310 e. The number of H-pyrrole nitrogens is 1. The van der Waals surface area contributed by atoms with Gasteiger partial charge in [0, 0.05) is 12.0 Å². The topological polar surface area (TPSA) is 45.8 Å². The van der Waals surface area contributed by atoms with Crippen molar-refractivity contribution in [1.82, 2.24) is 9.97 Å². The van der Waals surface area contributed by atoms with Gasteiger partial charge in [-0.05, 0) is 12.8 Å². The lowest BCUT2D eigenvalue weighted by Crippen LogP contribution is -2.17. The number of rotatable bonds is 2. The summed E-state index contributed by atoms with van der Waals surface area (Å²) < 4.78 is 0. The van der Waals surface area contributed by atoms with Crippen LogP contribution in [-0.4, -0.2) is 9.97 Å². The van der Waals surface area contributed by atoms with Crippen LogP contribution in [0.25, 0.3) is 0 Å². The van der Waals surface area contributed by atoms with Crippen molar-refractivity contribution >= 4 is 11.6 Å². The van der Waals surface area contributed by atoms with E-state index >= 15 is 0 Å². The standard InChI is InChI=1S/C9H11ClN2O/c10-5-8-11-7(4-9(13)12-8)6-2-1-3-6/h4,6H,1-3,5H2,(H,11,12,13). The molecule has 0 amide bonds. The molecule has 3 nitrogen and oxygen atoms in total. The number of hydrogen-bond acceptors (Lipinski definition) is 2. The highest BCUT2D eigenvalue weighted by atomic mass is 35.5. The Kier molecular flexibility index (Phi) is 2.36. The van der Waals surface area contributed by atoms with Gasteiger partial charge in [-0.15, -0.1) is 11.6 Å². The van der Waals surface area contributed by atoms with Crippen molar-refractivity contribution in [1.29, 1.82) is 0 Å². The summed E-state index contributed by atoms with van der Waals surface area (Å²) in [5, 5.41) is 0. The van der Waals surface area contributed by atoms with Gasteiger partial charge in [0.15, 0.2) is 0 Å². The number of aromatic amines is 1. The predicted molar refractivity (Wildman–Crippen MR) is 51.0 cm³/mol. The largest absolute Gasteiger partial charge is 0.310 e. The van der Waals surface area contributed by atoms with Crippen molar-refractivity contribution in [3.63, 3.8) is 0 Å². The van der Waals surface area contributed by atoms with Crippen molar-refractivity contribution in [3.05, 3.63) is 27.9 Å². The highest BCUT2D eigenvalue weighted by Crippen LogP contribution is 2.34. The van der Waals surface area contributed by atoms with Gasteiger partial charge in [-0.25, -0.2) is 4.98 Å². The van der Waals surface area contributed by atoms with Crippen molar-refractivity contribution in [2.75, 3.05) is 0 Å². The zero-order valence-electron chi connectivity index (χ0n) is 7.22. The predicted octanol–water partition coefficient (Wildman–Crippen LogP) is 1.78. The summed E-state index contributed by atoms with van der Waals surface area (Å²) in [5.74, 6) is 1.34. The van der Waals surface area contributed by atoms with Crippen LogP contribution < -0.4 is 5.56 Å². The van der Waals surface area contributed by atoms with Crippen LogP contribution in [0.4, 0.5) is 0 Å². The molecule has 0 unspecified atom stereocenters. The first-order valence-corrected chi connectivity index (χ1v) is 4.99. The van der Waals surface area contributed by atoms with Crippen LogP contribution in [-0.2, 0) is 5.88 Å². The Morgan fingerprint density at radius 1 is 1.62 bits per heavy atom. The van der Waals surface area contributed by atoms with E-state index in [1.807, 2.05) is 0 Å². The number of alkyl halides is 1. The van der Waals surface area contributed by atoms with Gasteiger partial charge in [-0.2, -0.15) is 0 Å². The van der Waals surface area contributed by atoms with E-state index in [1.54, 1.807) is 6.07 Å². The molecule has 1 saturated carbocycles. The molecular formula is C9H11ClN2O. The number of nitrogens with one attached hydrogen (secondary N) is 1. The molecule has 1 aromatic heterocycles. The molecule has 1 aliphatic rings. The summed E-state index contributed by atoms with van der Waals surface area (Å²) in [5.41, 5.74) is 0.818. The van der Waals surface area contributed by atoms with Crippen LogP contribution in [0.5, 0.6) is 0 Å². The first-order valence-electron chi connectivity index (χ1n) is 4.45. The van der Waals surface area contributed by atoms with Gasteiger partial charge in [-0.1, -0.05) is 6.42 Å². The Balaban J connectivity index is 2.34. The van der Waals surface area contributed by atoms with E-state index in [-0.39, 0.29) is 11.4 Å². The van der Waals surface area contributed by atoms with Crippen LogP contribution in [0.1, 0.15) is 36.7 Å². The normalized spacial score (nSPS) is 17.0. The molecular weight excluding hydrogens is 188 g/mol. The molecule has 1 aromatic rings. The maximum atomic E-state index is 11.2. The van der Waals surface area contributed by atoms with E-state index < -0.39 is 0 Å². The number of aromatic nitrogens is 2. The van der Waals surface area contributed by atoms with Gasteiger partial charge in [0.2, 0.25) is 0 Å². The summed E-state index contributed by atoms with van der Waals surface area (Å²) in [6.07, 6.45) is 3.55. The van der Waals surface area contributed by atoms with Crippen molar-refractivity contribution in [2.24, 2.45) is 0 Å². The summed E-state index contributed by atoms with van der Waals surface area (Å²) >= 11 is 5.60. The third kappa shape index (κ3) is 1.75. The van der Waals surface area contributed by atoms with Gasteiger partial charge >= 0.3 is 0 Å². The second-order valence-corrected chi connectivity index (χ2v) is 3.65. The van der Waals surface area contributed by atoms with E-state index in [0.29, 0.717) is 11.7 Å². The van der Waals surface area contributed by atoms with Crippen LogP contribution in [0.3, 0.4) is 0 Å². The molecule has 0 saturated heterocycles. The maximum absolute atomic E-state index is 11.2. The van der Waals surface area contributed by atoms with E-state index in [9.17, 15) is 4.79 Å². The molecule has 0 spiro atoms. The second kappa shape index (κ2) is 3.50. The van der Waals surface area contributed by atoms with Crippen LogP contribution in [0.2, 0.25) is 0 Å². The molecule has 0 aliphatic heterocycles. The molecule has 1 fully saturated rings. The molecule has 70 valence electrons. The first kappa shape index (κ1) is 8.75. The van der Waals surface area contributed by atoms with Crippen molar-refractivity contribution in [3.8, 4) is 0 Å². The Morgan fingerprint density at radius 3 is 2.92 bits per heavy atom. The maximum Gasteiger partial charge on any atom is 0.251 e. The minimum atomic E-state index is -0.0902. The van der Waals surface area contributed by atoms with Crippen LogP contribution in [0.15, 0.2) is 10.9 Å². The van der Waals surface area contributed by atoms with E-state index in [1.165, 1.54) is 6.42 Å². The lowest BCUT2D eigenvalue weighted by molar-refractivity contribution is 0.409. The molecule has 2 rings (SSSR count). The van der Waals surface area contributed by atoms with Crippen molar-refractivity contribution < 1.29 is 0 Å². The Morgan fingerprint density at radius 2 is 2.38 bits per heavy atom. The lowest BCUT2D eigenvalue weighted by Gasteiger charge is -2.24. The fraction of sp³-hybridized carbons (Fsp3) is 0.556. The molecule has 13 heavy (non-hydrogen) atoms. The Hall–Kier alpha value is -0.830. The smallest absolute Gasteiger partial charge is 0.251 e. The summed E-state index contributed by atoms with van der Waals surface area (Å²) in [4.78, 5) is 18.0. The van der Waals surface area contributed by atoms with Gasteiger partial charge in [0.25, 0.3) is 5.56 Å². The number of halogens is 1. The fourth-order valence-electron chi connectivity index (χ4n) is 1.51. The quantitative estimate of drug-likeness (QED) is 0.737. The Bertz CT molecular complexity index is 357. The van der Waals surface area contributed by atoms with Crippen LogP contribution >= 0.6 is 11.6 Å². The molecule has 0 atom stereocenters. The third-order valence-corrected chi connectivity index (χ3v) is 2.71. The zero-order chi connectivity index (χ0) is 9.26. The summed E-state index contributed by atoms with van der Waals surface area (Å²) in [6, 6.07) is 1.58. The SMILES string of the molecule is O=c1cc(C2CCC2)nc(CCl)[nH]1. The van der Waals surface area contributed by atoms with Crippen LogP contribution in [0, 0.1) is 0 Å². The van der Waals surface area contributed by atoms with Crippen molar-refractivity contribution in [2.45, 2.75) is 31.1 Å². The highest BCUT2D eigenvalue weighted by molar-refractivity contribution is 6.16. The number of nitrogens with zero attached hydrogens (tertiary/aromatic N) is 1. The summed E-state index contributed by atoms with van der Waals surface area (Å²) in [6.45, 7) is 0. The minimum absolute atomic E-state index is 0.0902. The molecule has 4 heteroatoms. The van der Waals surface area contributed by atoms with E-state index in [2.05, 4.69) is 9.97 Å². The number of hydrogen-bond donors (Lipinski definition) is 1. The molecule has 1 heterocycles. The molecule has 1 aliphatic carbocycles. The third-order valence-electron chi connectivity index (χ3n) is 2.46.